The average Bonchev–Trinajstić information content (AvgIpc) is 3.45. The summed E-state index contributed by atoms with van der Waals surface area (Å²) < 4.78 is 0. The van der Waals surface area contributed by atoms with Gasteiger partial charge in [-0.05, 0) is 55.0 Å². The predicted octanol–water partition coefficient (Wildman–Crippen LogP) is 2.87. The molecule has 2 aromatic heterocycles. The standard InChI is InChI=1S/C25H27N5O2/c31-23(19-3-1-2-16-6-8-26-13-20(16)19)29-18-11-25(12-18)7-9-30(14-25)24(32)17-4-5-21-22(10-17)28-15-27-21/h1-3,6,8,13,15,17-18H,4-5,7,9-12,14H2,(H,27,28)(H,29,31)/t17-,18?,25?/m1/s1. The summed E-state index contributed by atoms with van der Waals surface area (Å²) in [6.07, 6.45) is 10.7. The van der Waals surface area contributed by atoms with E-state index in [2.05, 4.69) is 25.2 Å². The number of aryl methyl sites for hydroxylation is 1. The van der Waals surface area contributed by atoms with Gasteiger partial charge in [0.15, 0.2) is 0 Å². The van der Waals surface area contributed by atoms with E-state index in [1.807, 2.05) is 24.3 Å². The molecule has 164 valence electrons. The molecule has 2 N–H and O–H groups in total. The summed E-state index contributed by atoms with van der Waals surface area (Å²) in [6, 6.07) is 7.87. The van der Waals surface area contributed by atoms with E-state index in [9.17, 15) is 9.59 Å². The highest BCUT2D eigenvalue weighted by molar-refractivity contribution is 6.06. The highest BCUT2D eigenvalue weighted by Crippen LogP contribution is 2.48. The molecule has 1 atom stereocenters. The van der Waals surface area contributed by atoms with E-state index >= 15 is 0 Å². The lowest BCUT2D eigenvalue weighted by Crippen LogP contribution is -2.52. The summed E-state index contributed by atoms with van der Waals surface area (Å²) in [6.45, 7) is 1.66. The van der Waals surface area contributed by atoms with Gasteiger partial charge in [0, 0.05) is 60.5 Å². The summed E-state index contributed by atoms with van der Waals surface area (Å²) >= 11 is 0. The van der Waals surface area contributed by atoms with Gasteiger partial charge in [0.05, 0.1) is 12.0 Å². The number of carbonyl (C=O) groups is 2. The van der Waals surface area contributed by atoms with E-state index < -0.39 is 0 Å². The number of pyridine rings is 1. The van der Waals surface area contributed by atoms with Crippen LogP contribution in [-0.2, 0) is 17.6 Å². The first-order chi connectivity index (χ1) is 15.6. The van der Waals surface area contributed by atoms with Crippen molar-refractivity contribution in [2.75, 3.05) is 13.1 Å². The number of fused-ring (bicyclic) bond motifs is 2. The van der Waals surface area contributed by atoms with Gasteiger partial charge in [0.2, 0.25) is 5.91 Å². The zero-order valence-corrected chi connectivity index (χ0v) is 18.0. The van der Waals surface area contributed by atoms with Crippen molar-refractivity contribution in [1.82, 2.24) is 25.2 Å². The smallest absolute Gasteiger partial charge is 0.252 e. The number of carbonyl (C=O) groups excluding carboxylic acids is 2. The molecule has 0 unspecified atom stereocenters. The third-order valence-corrected chi connectivity index (χ3v) is 7.71. The summed E-state index contributed by atoms with van der Waals surface area (Å²) in [4.78, 5) is 39.8. The fourth-order valence-electron chi connectivity index (χ4n) is 5.99. The van der Waals surface area contributed by atoms with Crippen LogP contribution >= 0.6 is 0 Å². The second kappa shape index (κ2) is 7.43. The minimum atomic E-state index is -0.0352. The van der Waals surface area contributed by atoms with Crippen molar-refractivity contribution in [3.05, 3.63) is 59.9 Å². The van der Waals surface area contributed by atoms with Gasteiger partial charge in [0.25, 0.3) is 5.91 Å². The van der Waals surface area contributed by atoms with Crippen LogP contribution in [0.3, 0.4) is 0 Å². The maximum absolute atomic E-state index is 13.1. The number of hydrogen-bond acceptors (Lipinski definition) is 4. The predicted molar refractivity (Wildman–Crippen MR) is 120 cm³/mol. The van der Waals surface area contributed by atoms with E-state index in [0.717, 1.165) is 73.8 Å². The molecule has 32 heavy (non-hydrogen) atoms. The average molecular weight is 430 g/mol. The van der Waals surface area contributed by atoms with Crippen LogP contribution in [0.5, 0.6) is 0 Å². The number of nitrogens with zero attached hydrogens (tertiary/aromatic N) is 3. The van der Waals surface area contributed by atoms with Gasteiger partial charge in [-0.3, -0.25) is 14.6 Å². The van der Waals surface area contributed by atoms with Gasteiger partial charge >= 0.3 is 0 Å². The Balaban J connectivity index is 1.06. The molecular weight excluding hydrogens is 402 g/mol. The molecule has 1 saturated carbocycles. The van der Waals surface area contributed by atoms with Crippen LogP contribution in [0.4, 0.5) is 0 Å². The van der Waals surface area contributed by atoms with Crippen molar-refractivity contribution in [2.45, 2.75) is 44.6 Å². The zero-order valence-electron chi connectivity index (χ0n) is 18.0. The topological polar surface area (TPSA) is 91.0 Å². The van der Waals surface area contributed by atoms with Crippen molar-refractivity contribution >= 4 is 22.6 Å². The van der Waals surface area contributed by atoms with Gasteiger partial charge in [-0.2, -0.15) is 0 Å². The fraction of sp³-hybridized carbons (Fsp3) is 0.440. The minimum absolute atomic E-state index is 0.0352. The lowest BCUT2D eigenvalue weighted by Gasteiger charge is -2.45. The van der Waals surface area contributed by atoms with Crippen molar-refractivity contribution < 1.29 is 9.59 Å². The van der Waals surface area contributed by atoms with Crippen LogP contribution in [0.15, 0.2) is 43.0 Å². The van der Waals surface area contributed by atoms with Crippen LogP contribution in [0.1, 0.15) is 47.4 Å². The molecule has 2 aliphatic carbocycles. The van der Waals surface area contributed by atoms with E-state index in [1.165, 1.54) is 0 Å². The molecular formula is C25H27N5O2. The van der Waals surface area contributed by atoms with Crippen LogP contribution in [0.2, 0.25) is 0 Å². The number of amides is 2. The normalized spacial score (nSPS) is 26.7. The number of imidazole rings is 1. The van der Waals surface area contributed by atoms with Crippen LogP contribution in [0, 0.1) is 11.3 Å². The number of aromatic nitrogens is 3. The van der Waals surface area contributed by atoms with E-state index in [-0.39, 0.29) is 29.2 Å². The Kier molecular flexibility index (Phi) is 4.52. The molecule has 2 amide bonds. The molecule has 1 saturated heterocycles. The van der Waals surface area contributed by atoms with Gasteiger partial charge in [-0.1, -0.05) is 12.1 Å². The highest BCUT2D eigenvalue weighted by atomic mass is 16.2. The fourth-order valence-corrected chi connectivity index (χ4v) is 5.99. The van der Waals surface area contributed by atoms with E-state index in [0.29, 0.717) is 5.56 Å². The zero-order chi connectivity index (χ0) is 21.7. The maximum atomic E-state index is 13.1. The molecule has 0 bridgehead atoms. The van der Waals surface area contributed by atoms with Crippen LogP contribution < -0.4 is 5.32 Å². The first-order valence-electron chi connectivity index (χ1n) is 11.5. The molecule has 7 nitrogen and oxygen atoms in total. The molecule has 0 radical (unpaired) electrons. The lowest BCUT2D eigenvalue weighted by atomic mass is 9.65. The Morgan fingerprint density at radius 1 is 1.22 bits per heavy atom. The summed E-state index contributed by atoms with van der Waals surface area (Å²) in [5.41, 5.74) is 3.09. The van der Waals surface area contributed by atoms with Crippen LogP contribution in [-0.4, -0.2) is 50.8 Å². The van der Waals surface area contributed by atoms with E-state index in [4.69, 9.17) is 0 Å². The Morgan fingerprint density at radius 2 is 2.12 bits per heavy atom. The summed E-state index contributed by atoms with van der Waals surface area (Å²) in [5, 5.41) is 5.11. The molecule has 7 heteroatoms. The number of benzene rings is 1. The van der Waals surface area contributed by atoms with Crippen molar-refractivity contribution in [1.29, 1.82) is 0 Å². The molecule has 3 heterocycles. The first kappa shape index (κ1) is 19.5. The van der Waals surface area contributed by atoms with Gasteiger partial charge < -0.3 is 15.2 Å². The molecule has 3 aromatic rings. The number of rotatable bonds is 3. The summed E-state index contributed by atoms with van der Waals surface area (Å²) in [7, 11) is 0. The minimum Gasteiger partial charge on any atom is -0.349 e. The molecule has 1 aliphatic heterocycles. The quantitative estimate of drug-likeness (QED) is 0.670. The van der Waals surface area contributed by atoms with E-state index in [1.54, 1.807) is 18.7 Å². The highest BCUT2D eigenvalue weighted by Gasteiger charge is 2.50. The number of H-pyrrole nitrogens is 1. The van der Waals surface area contributed by atoms with Gasteiger partial charge in [0.1, 0.15) is 0 Å². The number of aromatic amines is 1. The van der Waals surface area contributed by atoms with Crippen molar-refractivity contribution in [2.24, 2.45) is 11.3 Å². The third-order valence-electron chi connectivity index (χ3n) is 7.71. The first-order valence-corrected chi connectivity index (χ1v) is 11.5. The summed E-state index contributed by atoms with van der Waals surface area (Å²) in [5.74, 6) is 0.318. The SMILES string of the molecule is O=C(NC1CC2(CCN(C(=O)[C@@H]3CCc4nc[nH]c4C3)C2)C1)c1cccc2ccncc12. The molecule has 3 aliphatic rings. The Hall–Kier alpha value is -3.22. The Labute approximate surface area is 186 Å². The Bertz CT molecular complexity index is 1190. The Morgan fingerprint density at radius 3 is 3.03 bits per heavy atom. The lowest BCUT2D eigenvalue weighted by molar-refractivity contribution is -0.135. The maximum Gasteiger partial charge on any atom is 0.252 e. The monoisotopic (exact) mass is 429 g/mol. The molecule has 2 fully saturated rings. The largest absolute Gasteiger partial charge is 0.349 e. The third kappa shape index (κ3) is 3.27. The van der Waals surface area contributed by atoms with Crippen molar-refractivity contribution in [3.8, 4) is 0 Å². The number of likely N-dealkylation sites (tertiary alicyclic amines) is 1. The van der Waals surface area contributed by atoms with Gasteiger partial charge in [-0.25, -0.2) is 4.98 Å². The van der Waals surface area contributed by atoms with Crippen molar-refractivity contribution in [3.63, 3.8) is 0 Å². The number of hydrogen-bond donors (Lipinski definition) is 2. The molecule has 6 rings (SSSR count). The van der Waals surface area contributed by atoms with Gasteiger partial charge in [-0.15, -0.1) is 0 Å². The second-order valence-corrected chi connectivity index (χ2v) is 9.76. The molecule has 1 spiro atoms. The number of nitrogens with one attached hydrogen (secondary N) is 2. The second-order valence-electron chi connectivity index (χ2n) is 9.76. The molecule has 1 aromatic carbocycles. The van der Waals surface area contributed by atoms with Crippen LogP contribution in [0.25, 0.3) is 10.8 Å².